The van der Waals surface area contributed by atoms with Gasteiger partial charge >= 0.3 is 17.6 Å². The summed E-state index contributed by atoms with van der Waals surface area (Å²) in [5.41, 5.74) is -0.142. The Hall–Kier alpha value is -3.87. The quantitative estimate of drug-likeness (QED) is 0.244. The van der Waals surface area contributed by atoms with Gasteiger partial charge in [0.05, 0.1) is 24.8 Å². The number of carbonyl (C=O) groups excluding carboxylic acids is 2. The molecule has 3 amide bonds. The number of urea groups is 1. The molecule has 0 saturated carbocycles. The zero-order chi connectivity index (χ0) is 25.2. The van der Waals surface area contributed by atoms with E-state index in [1.54, 1.807) is 36.0 Å². The van der Waals surface area contributed by atoms with Crippen molar-refractivity contribution in [3.8, 4) is 0 Å². The number of thioether (sulfide) groups is 1. The van der Waals surface area contributed by atoms with Gasteiger partial charge in [0.15, 0.2) is 6.04 Å². The van der Waals surface area contributed by atoms with Crippen molar-refractivity contribution in [3.05, 3.63) is 58.2 Å². The predicted molar refractivity (Wildman–Crippen MR) is 130 cm³/mol. The lowest BCUT2D eigenvalue weighted by molar-refractivity contribution is -0.141. The number of carboxylic acid groups (broad SMARTS) is 1. The van der Waals surface area contributed by atoms with Crippen LogP contribution in [-0.2, 0) is 11.3 Å². The SMILES string of the molecule is O=C1N[C@H]2CSC(CCCC(C(=O)O)n3cc(CNC(=O)c4cc5ccccc5oc4=O)nn3)[C@H]2N1. The van der Waals surface area contributed by atoms with Gasteiger partial charge < -0.3 is 25.5 Å². The Balaban J connectivity index is 1.17. The minimum atomic E-state index is -1.03. The molecule has 12 nitrogen and oxygen atoms in total. The first-order valence-corrected chi connectivity index (χ1v) is 12.6. The zero-order valence-corrected chi connectivity index (χ0v) is 19.9. The monoisotopic (exact) mass is 512 g/mol. The number of nitrogens with one attached hydrogen (secondary N) is 3. The van der Waals surface area contributed by atoms with E-state index in [9.17, 15) is 24.3 Å². The van der Waals surface area contributed by atoms with E-state index in [1.165, 1.54) is 16.9 Å². The van der Waals surface area contributed by atoms with Crippen molar-refractivity contribution in [3.63, 3.8) is 0 Å². The summed E-state index contributed by atoms with van der Waals surface area (Å²) in [5, 5.41) is 26.9. The van der Waals surface area contributed by atoms with Gasteiger partial charge in [-0.1, -0.05) is 23.4 Å². The Bertz CT molecular complexity index is 1370. The summed E-state index contributed by atoms with van der Waals surface area (Å²) in [6, 6.07) is 7.47. The Kier molecular flexibility index (Phi) is 6.63. The second-order valence-corrected chi connectivity index (χ2v) is 10.0. The minimum absolute atomic E-state index is 0.0358. The Morgan fingerprint density at radius 1 is 1.28 bits per heavy atom. The molecule has 3 aromatic rings. The number of rotatable bonds is 9. The normalized spacial score (nSPS) is 21.6. The number of fused-ring (bicyclic) bond motifs is 2. The highest BCUT2D eigenvalue weighted by molar-refractivity contribution is 8.00. The maximum Gasteiger partial charge on any atom is 0.349 e. The van der Waals surface area contributed by atoms with Crippen LogP contribution in [0.5, 0.6) is 0 Å². The van der Waals surface area contributed by atoms with Gasteiger partial charge in [-0.15, -0.1) is 5.10 Å². The predicted octanol–water partition coefficient (Wildman–Crippen LogP) is 1.28. The van der Waals surface area contributed by atoms with Gasteiger partial charge in [0.25, 0.3) is 5.91 Å². The van der Waals surface area contributed by atoms with Crippen LogP contribution in [0.25, 0.3) is 11.0 Å². The summed E-state index contributed by atoms with van der Waals surface area (Å²) in [7, 11) is 0. The fourth-order valence-electron chi connectivity index (χ4n) is 4.56. The average molecular weight is 513 g/mol. The van der Waals surface area contributed by atoms with Crippen LogP contribution in [0.3, 0.4) is 0 Å². The summed E-state index contributed by atoms with van der Waals surface area (Å²) in [5.74, 6) is -0.813. The van der Waals surface area contributed by atoms with Crippen LogP contribution in [0.1, 0.15) is 41.4 Å². The third-order valence-corrected chi connectivity index (χ3v) is 7.89. The number of carboxylic acids is 1. The van der Waals surface area contributed by atoms with E-state index in [2.05, 4.69) is 26.3 Å². The van der Waals surface area contributed by atoms with Crippen LogP contribution >= 0.6 is 11.8 Å². The van der Waals surface area contributed by atoms with Crippen molar-refractivity contribution >= 4 is 40.6 Å². The van der Waals surface area contributed by atoms with E-state index in [0.29, 0.717) is 29.5 Å². The van der Waals surface area contributed by atoms with Crippen LogP contribution in [0.2, 0.25) is 0 Å². The molecule has 2 unspecified atom stereocenters. The van der Waals surface area contributed by atoms with E-state index in [-0.39, 0.29) is 35.5 Å². The fraction of sp³-hybridized carbons (Fsp3) is 0.391. The number of benzene rings is 1. The third-order valence-electron chi connectivity index (χ3n) is 6.38. The number of hydrogen-bond donors (Lipinski definition) is 4. The number of aliphatic carboxylic acids is 1. The van der Waals surface area contributed by atoms with E-state index in [1.807, 2.05) is 0 Å². The van der Waals surface area contributed by atoms with Crippen LogP contribution in [0.4, 0.5) is 4.79 Å². The first kappa shape index (κ1) is 23.9. The molecular formula is C23H24N6O6S. The van der Waals surface area contributed by atoms with Gasteiger partial charge in [0, 0.05) is 16.4 Å². The molecule has 4 atom stereocenters. The molecule has 2 aliphatic heterocycles. The van der Waals surface area contributed by atoms with Crippen molar-refractivity contribution in [1.82, 2.24) is 30.9 Å². The van der Waals surface area contributed by atoms with Crippen LogP contribution in [0, 0.1) is 0 Å². The van der Waals surface area contributed by atoms with Crippen LogP contribution < -0.4 is 21.6 Å². The van der Waals surface area contributed by atoms with Crippen LogP contribution in [0.15, 0.2) is 45.7 Å². The number of aromatic nitrogens is 3. The van der Waals surface area contributed by atoms with Gasteiger partial charge in [0.1, 0.15) is 16.8 Å². The minimum Gasteiger partial charge on any atom is -0.480 e. The third kappa shape index (κ3) is 4.91. The first-order valence-electron chi connectivity index (χ1n) is 11.5. The molecule has 0 bridgehead atoms. The van der Waals surface area contributed by atoms with Crippen molar-refractivity contribution in [2.75, 3.05) is 5.75 Å². The number of nitrogens with zero attached hydrogens (tertiary/aromatic N) is 3. The number of hydrogen-bond acceptors (Lipinski definition) is 8. The second-order valence-electron chi connectivity index (χ2n) is 8.76. The number of para-hydroxylation sites is 1. The second kappa shape index (κ2) is 10.0. The lowest BCUT2D eigenvalue weighted by Gasteiger charge is -2.18. The summed E-state index contributed by atoms with van der Waals surface area (Å²) < 4.78 is 6.47. The Labute approximate surface area is 208 Å². The van der Waals surface area contributed by atoms with Crippen molar-refractivity contribution in [1.29, 1.82) is 0 Å². The smallest absolute Gasteiger partial charge is 0.349 e. The number of carbonyl (C=O) groups is 3. The molecule has 13 heteroatoms. The molecule has 0 aliphatic carbocycles. The Morgan fingerprint density at radius 2 is 2.11 bits per heavy atom. The molecule has 1 aromatic carbocycles. The largest absolute Gasteiger partial charge is 0.480 e. The van der Waals surface area contributed by atoms with Gasteiger partial charge in [-0.05, 0) is 31.4 Å². The summed E-state index contributed by atoms with van der Waals surface area (Å²) in [4.78, 5) is 48.1. The number of amides is 3. The molecule has 5 rings (SSSR count). The first-order chi connectivity index (χ1) is 17.4. The maximum atomic E-state index is 12.5. The summed E-state index contributed by atoms with van der Waals surface area (Å²) in [6.45, 7) is -0.0358. The molecule has 2 saturated heterocycles. The fourth-order valence-corrected chi connectivity index (χ4v) is 6.10. The molecule has 4 N–H and O–H groups in total. The molecule has 2 aromatic heterocycles. The lowest BCUT2D eigenvalue weighted by atomic mass is 10.0. The van der Waals surface area contributed by atoms with Gasteiger partial charge in [0.2, 0.25) is 0 Å². The highest BCUT2D eigenvalue weighted by Crippen LogP contribution is 2.33. The molecule has 36 heavy (non-hydrogen) atoms. The summed E-state index contributed by atoms with van der Waals surface area (Å²) >= 11 is 1.78. The summed E-state index contributed by atoms with van der Waals surface area (Å²) in [6.07, 6.45) is 3.22. The van der Waals surface area contributed by atoms with Crippen molar-refractivity contribution in [2.45, 2.75) is 49.2 Å². The van der Waals surface area contributed by atoms with E-state index >= 15 is 0 Å². The maximum absolute atomic E-state index is 12.5. The highest BCUT2D eigenvalue weighted by atomic mass is 32.2. The molecule has 2 fully saturated rings. The zero-order valence-electron chi connectivity index (χ0n) is 19.0. The molecule has 2 aliphatic rings. The van der Waals surface area contributed by atoms with Gasteiger partial charge in [-0.2, -0.15) is 11.8 Å². The van der Waals surface area contributed by atoms with Gasteiger partial charge in [-0.25, -0.2) is 19.1 Å². The molecule has 0 spiro atoms. The van der Waals surface area contributed by atoms with Crippen molar-refractivity contribution in [2.24, 2.45) is 0 Å². The highest BCUT2D eigenvalue weighted by Gasteiger charge is 2.42. The van der Waals surface area contributed by atoms with E-state index < -0.39 is 23.5 Å². The van der Waals surface area contributed by atoms with E-state index in [4.69, 9.17) is 4.42 Å². The molecule has 4 heterocycles. The molecular weight excluding hydrogens is 488 g/mol. The molecule has 0 radical (unpaired) electrons. The van der Waals surface area contributed by atoms with E-state index in [0.717, 1.165) is 12.2 Å². The lowest BCUT2D eigenvalue weighted by Crippen LogP contribution is -2.36. The Morgan fingerprint density at radius 3 is 2.94 bits per heavy atom. The topological polar surface area (TPSA) is 168 Å². The van der Waals surface area contributed by atoms with Gasteiger partial charge in [-0.3, -0.25) is 4.79 Å². The standard InChI is InChI=1S/C23H24N6O6S/c30-20(14-8-12-4-1-2-6-17(12)35-22(14)33)24-9-13-10-29(28-27-13)16(21(31)32)5-3-7-18-19-15(11-36-18)25-23(34)26-19/h1-2,4,6,8,10,15-16,18-19H,3,5,7,9,11H2,(H,24,30)(H,31,32)(H2,25,26,34)/t15-,16?,18?,19-/m0/s1. The average Bonchev–Trinajstić information content (AvgIpc) is 3.56. The molecule has 188 valence electrons. The van der Waals surface area contributed by atoms with Crippen LogP contribution in [-0.4, -0.2) is 61.1 Å². The van der Waals surface area contributed by atoms with Crippen molar-refractivity contribution < 1.29 is 23.9 Å².